The first kappa shape index (κ1) is 12.2. The molecule has 1 N–H and O–H groups in total. The van der Waals surface area contributed by atoms with Gasteiger partial charge in [0.05, 0.1) is 11.0 Å². The number of rotatable bonds is 3. The molecule has 2 aromatic rings. The first-order valence-corrected chi connectivity index (χ1v) is 5.35. The summed E-state index contributed by atoms with van der Waals surface area (Å²) in [4.78, 5) is 10.1. The topological polar surface area (TPSA) is 72.6 Å². The predicted octanol–water partition coefficient (Wildman–Crippen LogP) is 3.75. The van der Waals surface area contributed by atoms with Gasteiger partial charge in [-0.25, -0.2) is 0 Å². The van der Waals surface area contributed by atoms with Crippen LogP contribution in [-0.4, -0.2) is 10.0 Å². The minimum atomic E-state index is -0.561. The summed E-state index contributed by atoms with van der Waals surface area (Å²) in [5.74, 6) is 0.275. The molecule has 0 saturated heterocycles. The Morgan fingerprint density at radius 3 is 2.44 bits per heavy atom. The Bertz CT molecular complexity index is 583. The van der Waals surface area contributed by atoms with Crippen molar-refractivity contribution in [3.8, 4) is 17.2 Å². The molecule has 0 amide bonds. The van der Waals surface area contributed by atoms with Gasteiger partial charge in [-0.2, -0.15) is 0 Å². The van der Waals surface area contributed by atoms with Gasteiger partial charge in [0, 0.05) is 11.1 Å². The molecule has 0 fully saturated rings. The molecule has 92 valence electrons. The second-order valence-corrected chi connectivity index (χ2v) is 3.90. The number of ether oxygens (including phenoxy) is 1. The van der Waals surface area contributed by atoms with Crippen LogP contribution < -0.4 is 4.74 Å². The lowest BCUT2D eigenvalue weighted by Crippen LogP contribution is -1.90. The number of non-ortho nitro benzene ring substituents is 1. The number of hydrogen-bond acceptors (Lipinski definition) is 4. The number of aromatic hydroxyl groups is 1. The average Bonchev–Trinajstić information content (AvgIpc) is 2.34. The van der Waals surface area contributed by atoms with E-state index in [1.54, 1.807) is 24.3 Å². The molecule has 18 heavy (non-hydrogen) atoms. The number of nitrogens with zero attached hydrogens (tertiary/aromatic N) is 1. The maximum Gasteiger partial charge on any atom is 0.273 e. The lowest BCUT2D eigenvalue weighted by molar-refractivity contribution is -0.384. The van der Waals surface area contributed by atoms with Crippen molar-refractivity contribution in [2.75, 3.05) is 0 Å². The van der Waals surface area contributed by atoms with Crippen molar-refractivity contribution in [2.45, 2.75) is 0 Å². The van der Waals surface area contributed by atoms with E-state index in [4.69, 9.17) is 16.3 Å². The number of phenols is 1. The molecular weight excluding hydrogens is 258 g/mol. The van der Waals surface area contributed by atoms with Crippen LogP contribution in [0.1, 0.15) is 0 Å². The summed E-state index contributed by atoms with van der Waals surface area (Å²) in [5, 5.41) is 20.7. The molecular formula is C12H8ClNO4. The van der Waals surface area contributed by atoms with E-state index in [2.05, 4.69) is 0 Å². The van der Waals surface area contributed by atoms with E-state index in [1.165, 1.54) is 12.1 Å². The van der Waals surface area contributed by atoms with Crippen LogP contribution in [0.25, 0.3) is 0 Å². The van der Waals surface area contributed by atoms with Crippen LogP contribution >= 0.6 is 11.6 Å². The SMILES string of the molecule is O=[N+]([O-])c1ccc(O)c(Oc2ccc(Cl)cc2)c1. The Kier molecular flexibility index (Phi) is 3.34. The molecule has 0 spiro atoms. The summed E-state index contributed by atoms with van der Waals surface area (Å²) in [6.45, 7) is 0. The Hall–Kier alpha value is -2.27. The summed E-state index contributed by atoms with van der Waals surface area (Å²) in [7, 11) is 0. The normalized spacial score (nSPS) is 10.1. The molecule has 0 aliphatic carbocycles. The number of benzene rings is 2. The third-order valence-corrected chi connectivity index (χ3v) is 2.45. The minimum absolute atomic E-state index is 0.0199. The van der Waals surface area contributed by atoms with E-state index in [1.807, 2.05) is 0 Å². The van der Waals surface area contributed by atoms with Crippen molar-refractivity contribution in [3.05, 3.63) is 57.6 Å². The molecule has 0 aliphatic rings. The molecule has 0 atom stereocenters. The maximum atomic E-state index is 10.6. The Balaban J connectivity index is 2.30. The molecule has 5 nitrogen and oxygen atoms in total. The van der Waals surface area contributed by atoms with Crippen molar-refractivity contribution in [3.63, 3.8) is 0 Å². The number of phenolic OH excluding ortho intramolecular Hbond substituents is 1. The summed E-state index contributed by atoms with van der Waals surface area (Å²) in [6, 6.07) is 10.00. The van der Waals surface area contributed by atoms with Crippen molar-refractivity contribution in [1.82, 2.24) is 0 Å². The molecule has 0 unspecified atom stereocenters. The quantitative estimate of drug-likeness (QED) is 0.678. The van der Waals surface area contributed by atoms with Crippen LogP contribution in [0.5, 0.6) is 17.2 Å². The van der Waals surface area contributed by atoms with E-state index < -0.39 is 4.92 Å². The molecule has 0 radical (unpaired) electrons. The van der Waals surface area contributed by atoms with E-state index in [0.29, 0.717) is 10.8 Å². The highest BCUT2D eigenvalue weighted by atomic mass is 35.5. The number of halogens is 1. The number of nitro benzene ring substituents is 1. The molecule has 0 heterocycles. The summed E-state index contributed by atoms with van der Waals surface area (Å²) >= 11 is 5.72. The summed E-state index contributed by atoms with van der Waals surface area (Å²) in [5.41, 5.74) is -0.156. The second kappa shape index (κ2) is 4.93. The number of hydrogen-bond donors (Lipinski definition) is 1. The van der Waals surface area contributed by atoms with Crippen LogP contribution in [0.4, 0.5) is 5.69 Å². The zero-order valence-electron chi connectivity index (χ0n) is 9.04. The van der Waals surface area contributed by atoms with Gasteiger partial charge in [0.15, 0.2) is 11.5 Å². The largest absolute Gasteiger partial charge is 0.504 e. The van der Waals surface area contributed by atoms with Crippen molar-refractivity contribution < 1.29 is 14.8 Å². The first-order chi connectivity index (χ1) is 8.56. The molecule has 0 bridgehead atoms. The van der Waals surface area contributed by atoms with E-state index in [9.17, 15) is 15.2 Å². The Labute approximate surface area is 107 Å². The van der Waals surface area contributed by atoms with Crippen molar-refractivity contribution in [1.29, 1.82) is 0 Å². The minimum Gasteiger partial charge on any atom is -0.504 e. The van der Waals surface area contributed by atoms with Gasteiger partial charge in [-0.15, -0.1) is 0 Å². The van der Waals surface area contributed by atoms with E-state index in [-0.39, 0.29) is 17.2 Å². The highest BCUT2D eigenvalue weighted by molar-refractivity contribution is 6.30. The number of nitro groups is 1. The molecule has 6 heteroatoms. The third-order valence-electron chi connectivity index (χ3n) is 2.20. The summed E-state index contributed by atoms with van der Waals surface area (Å²) in [6.07, 6.45) is 0. The smallest absolute Gasteiger partial charge is 0.273 e. The lowest BCUT2D eigenvalue weighted by atomic mass is 10.3. The molecule has 0 aliphatic heterocycles. The van der Waals surface area contributed by atoms with Gasteiger partial charge in [0.25, 0.3) is 5.69 Å². The van der Waals surface area contributed by atoms with Crippen LogP contribution in [0.2, 0.25) is 5.02 Å². The average molecular weight is 266 g/mol. The van der Waals surface area contributed by atoms with Crippen molar-refractivity contribution in [2.24, 2.45) is 0 Å². The summed E-state index contributed by atoms with van der Waals surface area (Å²) < 4.78 is 5.34. The standard InChI is InChI=1S/C12H8ClNO4/c13-8-1-4-10(5-2-8)18-12-7-9(14(16)17)3-6-11(12)15/h1-7,15H. The van der Waals surface area contributed by atoms with Crippen LogP contribution in [0.15, 0.2) is 42.5 Å². The Morgan fingerprint density at radius 1 is 1.17 bits per heavy atom. The fourth-order valence-corrected chi connectivity index (χ4v) is 1.45. The van der Waals surface area contributed by atoms with Crippen LogP contribution in [0, 0.1) is 10.1 Å². The van der Waals surface area contributed by atoms with Gasteiger partial charge in [0.2, 0.25) is 0 Å². The zero-order valence-corrected chi connectivity index (χ0v) is 9.79. The molecule has 0 saturated carbocycles. The van der Waals surface area contributed by atoms with E-state index >= 15 is 0 Å². The molecule has 2 rings (SSSR count). The van der Waals surface area contributed by atoms with Crippen LogP contribution in [-0.2, 0) is 0 Å². The second-order valence-electron chi connectivity index (χ2n) is 3.47. The van der Waals surface area contributed by atoms with Gasteiger partial charge < -0.3 is 9.84 Å². The van der Waals surface area contributed by atoms with Crippen molar-refractivity contribution >= 4 is 17.3 Å². The van der Waals surface area contributed by atoms with Gasteiger partial charge in [-0.3, -0.25) is 10.1 Å². The first-order valence-electron chi connectivity index (χ1n) is 4.97. The lowest BCUT2D eigenvalue weighted by Gasteiger charge is -2.07. The molecule has 0 aromatic heterocycles. The van der Waals surface area contributed by atoms with Gasteiger partial charge in [-0.05, 0) is 30.3 Å². The Morgan fingerprint density at radius 2 is 1.83 bits per heavy atom. The maximum absolute atomic E-state index is 10.6. The zero-order chi connectivity index (χ0) is 13.1. The highest BCUT2D eigenvalue weighted by Gasteiger charge is 2.11. The monoisotopic (exact) mass is 265 g/mol. The predicted molar refractivity (Wildman–Crippen MR) is 66.3 cm³/mol. The van der Waals surface area contributed by atoms with Gasteiger partial charge in [0.1, 0.15) is 5.75 Å². The third kappa shape index (κ3) is 2.70. The highest BCUT2D eigenvalue weighted by Crippen LogP contribution is 2.34. The van der Waals surface area contributed by atoms with Crippen LogP contribution in [0.3, 0.4) is 0 Å². The fraction of sp³-hybridized carbons (Fsp3) is 0. The van der Waals surface area contributed by atoms with Gasteiger partial charge >= 0.3 is 0 Å². The molecule has 2 aromatic carbocycles. The fourth-order valence-electron chi connectivity index (χ4n) is 1.33. The van der Waals surface area contributed by atoms with E-state index in [0.717, 1.165) is 6.07 Å². The van der Waals surface area contributed by atoms with Gasteiger partial charge in [-0.1, -0.05) is 11.6 Å².